The van der Waals surface area contributed by atoms with Crippen LogP contribution < -0.4 is 14.8 Å². The molecule has 5 rings (SSSR count). The second-order valence-corrected chi connectivity index (χ2v) is 11.0. The first kappa shape index (κ1) is 23.7. The maximum atomic E-state index is 14.1. The summed E-state index contributed by atoms with van der Waals surface area (Å²) in [5.74, 6) is 2.01. The summed E-state index contributed by atoms with van der Waals surface area (Å²) in [6.45, 7) is 0.751. The summed E-state index contributed by atoms with van der Waals surface area (Å²) in [5.41, 5.74) is 1.65. The van der Waals surface area contributed by atoms with Crippen LogP contribution >= 0.6 is 0 Å². The minimum Gasteiger partial charge on any atom is -0.496 e. The predicted molar refractivity (Wildman–Crippen MR) is 131 cm³/mol. The molecule has 2 aliphatic rings. The molecule has 2 atom stereocenters. The summed E-state index contributed by atoms with van der Waals surface area (Å²) >= 11 is 0. The van der Waals surface area contributed by atoms with Crippen LogP contribution in [0.5, 0.6) is 11.5 Å². The molecule has 0 spiro atoms. The summed E-state index contributed by atoms with van der Waals surface area (Å²) in [7, 11) is 0.881. The molecule has 2 saturated heterocycles. The van der Waals surface area contributed by atoms with Crippen molar-refractivity contribution in [2.75, 3.05) is 44.3 Å². The van der Waals surface area contributed by atoms with Gasteiger partial charge in [0.15, 0.2) is 6.10 Å². The molecule has 0 radical (unpaired) electrons. The van der Waals surface area contributed by atoms with E-state index in [-0.39, 0.29) is 12.2 Å². The minimum atomic E-state index is -2.25. The van der Waals surface area contributed by atoms with E-state index in [1.807, 2.05) is 0 Å². The van der Waals surface area contributed by atoms with Gasteiger partial charge in [-0.25, -0.2) is 18.6 Å². The smallest absolute Gasteiger partial charge is 0.150 e. The average Bonchev–Trinajstić information content (AvgIpc) is 3.48. The molecule has 0 amide bonds. The number of aromatic nitrogens is 2. The van der Waals surface area contributed by atoms with E-state index in [1.165, 1.54) is 18.5 Å². The molecule has 1 N–H and O–H groups in total. The summed E-state index contributed by atoms with van der Waals surface area (Å²) < 4.78 is 54.1. The van der Waals surface area contributed by atoms with Crippen molar-refractivity contribution in [1.82, 2.24) is 9.97 Å². The Morgan fingerprint density at radius 2 is 1.89 bits per heavy atom. The number of anilines is 2. The highest BCUT2D eigenvalue weighted by Gasteiger charge is 2.31. The van der Waals surface area contributed by atoms with Crippen molar-refractivity contribution in [3.05, 3.63) is 42.5 Å². The van der Waals surface area contributed by atoms with E-state index in [0.717, 1.165) is 12.8 Å². The molecule has 3 heterocycles. The Balaban J connectivity index is 1.52. The lowest BCUT2D eigenvalue weighted by molar-refractivity contribution is 0.0328. The Labute approximate surface area is 203 Å². The lowest BCUT2D eigenvalue weighted by Crippen LogP contribution is -2.31. The summed E-state index contributed by atoms with van der Waals surface area (Å²) in [4.78, 5) is 8.78. The van der Waals surface area contributed by atoms with E-state index in [2.05, 4.69) is 19.6 Å². The number of methoxy groups -OCH3 is 2. The number of rotatable bonds is 7. The van der Waals surface area contributed by atoms with Gasteiger partial charge in [-0.3, -0.25) is 0 Å². The largest absolute Gasteiger partial charge is 0.496 e. The monoisotopic (exact) mass is 502 g/mol. The quantitative estimate of drug-likeness (QED) is 0.513. The number of fused-ring (bicyclic) bond motifs is 1. The fraction of sp³-hybridized carbons (Fsp3) is 0.417. The Hall–Kier alpha value is -3.02. The molecule has 2 aliphatic heterocycles. The highest BCUT2D eigenvalue weighted by molar-refractivity contribution is 7.93. The van der Waals surface area contributed by atoms with Gasteiger partial charge >= 0.3 is 0 Å². The topological polar surface area (TPSA) is 104 Å². The van der Waals surface area contributed by atoms with Gasteiger partial charge in [-0.1, -0.05) is 0 Å². The second-order valence-electron chi connectivity index (χ2n) is 8.48. The highest BCUT2D eigenvalue weighted by Crippen LogP contribution is 2.38. The highest BCUT2D eigenvalue weighted by atomic mass is 32.2. The number of nitrogens with zero attached hydrogens (tertiary/aromatic N) is 3. The van der Waals surface area contributed by atoms with Gasteiger partial charge in [0.1, 0.15) is 35.6 Å². The van der Waals surface area contributed by atoms with E-state index in [4.69, 9.17) is 18.9 Å². The van der Waals surface area contributed by atoms with Crippen molar-refractivity contribution < 1.29 is 27.5 Å². The summed E-state index contributed by atoms with van der Waals surface area (Å²) in [5, 5.41) is 3.85. The van der Waals surface area contributed by atoms with Gasteiger partial charge in [-0.15, -0.1) is 0 Å². The van der Waals surface area contributed by atoms with Crippen molar-refractivity contribution in [2.45, 2.75) is 25.0 Å². The summed E-state index contributed by atoms with van der Waals surface area (Å²) in [6, 6.07) is 7.74. The maximum Gasteiger partial charge on any atom is 0.150 e. The first-order valence-corrected chi connectivity index (χ1v) is 13.2. The lowest BCUT2D eigenvalue weighted by atomic mass is 10.2. The average molecular weight is 503 g/mol. The lowest BCUT2D eigenvalue weighted by Gasteiger charge is -2.21. The van der Waals surface area contributed by atoms with Crippen LogP contribution in [0.2, 0.25) is 0 Å². The van der Waals surface area contributed by atoms with Crippen molar-refractivity contribution in [3.8, 4) is 11.5 Å². The molecule has 35 heavy (non-hydrogen) atoms. The van der Waals surface area contributed by atoms with E-state index >= 15 is 0 Å². The van der Waals surface area contributed by atoms with E-state index in [0.29, 0.717) is 64.3 Å². The van der Waals surface area contributed by atoms with E-state index in [1.54, 1.807) is 32.4 Å². The van der Waals surface area contributed by atoms with Gasteiger partial charge < -0.3 is 24.3 Å². The van der Waals surface area contributed by atoms with Gasteiger partial charge in [0.05, 0.1) is 52.3 Å². The van der Waals surface area contributed by atoms with Crippen molar-refractivity contribution in [2.24, 2.45) is 4.36 Å². The Morgan fingerprint density at radius 3 is 2.66 bits per heavy atom. The van der Waals surface area contributed by atoms with Gasteiger partial charge in [0.25, 0.3) is 0 Å². The number of benzene rings is 2. The Kier molecular flexibility index (Phi) is 6.72. The summed E-state index contributed by atoms with van der Waals surface area (Å²) in [6.07, 6.45) is 2.63. The van der Waals surface area contributed by atoms with Crippen LogP contribution in [0.25, 0.3) is 10.9 Å². The third-order valence-corrected chi connectivity index (χ3v) is 8.51. The van der Waals surface area contributed by atoms with Crippen molar-refractivity contribution >= 4 is 37.8 Å². The fourth-order valence-electron chi connectivity index (χ4n) is 4.32. The van der Waals surface area contributed by atoms with Gasteiger partial charge in [0.2, 0.25) is 0 Å². The molecular formula is C24H27FN4O5S. The zero-order valence-corrected chi connectivity index (χ0v) is 20.3. The van der Waals surface area contributed by atoms with E-state index < -0.39 is 15.5 Å². The van der Waals surface area contributed by atoms with Crippen LogP contribution in [0.15, 0.2) is 41.0 Å². The second kappa shape index (κ2) is 9.92. The Bertz CT molecular complexity index is 1350. The van der Waals surface area contributed by atoms with Crippen LogP contribution in [-0.2, 0) is 19.2 Å². The van der Waals surface area contributed by atoms with Gasteiger partial charge in [-0.2, -0.15) is 4.36 Å². The number of halogens is 1. The van der Waals surface area contributed by atoms with Gasteiger partial charge in [-0.05, 0) is 31.0 Å². The van der Waals surface area contributed by atoms with Crippen LogP contribution in [0.4, 0.5) is 21.6 Å². The third-order valence-electron chi connectivity index (χ3n) is 6.11. The third kappa shape index (κ3) is 5.02. The molecule has 2 aromatic carbocycles. The fourth-order valence-corrected chi connectivity index (χ4v) is 6.51. The zero-order valence-electron chi connectivity index (χ0n) is 19.5. The Morgan fingerprint density at radius 1 is 1.09 bits per heavy atom. The van der Waals surface area contributed by atoms with Gasteiger partial charge in [0, 0.05) is 30.7 Å². The number of hydrogen-bond donors (Lipinski definition) is 1. The standard InChI is InChI=1S/C24H27FN4O5S/c1-31-20-11-16(29-35(30)7-3-4-8-35)10-18-23(20)24(27-14-26-18)28-17-6-5-15(25)9-19(17)34-22-13-33-12-21(22)32-2/h5-6,9-11,14,21-22H,3-4,7-8,12-13H2,1-2H3,(H,26,27,28). The molecule has 11 heteroatoms. The van der Waals surface area contributed by atoms with Crippen LogP contribution in [0, 0.1) is 5.82 Å². The van der Waals surface area contributed by atoms with Crippen LogP contribution in [-0.4, -0.2) is 65.3 Å². The normalized spacial score (nSPS) is 21.2. The molecule has 0 saturated carbocycles. The molecule has 186 valence electrons. The number of ether oxygens (including phenoxy) is 4. The molecule has 3 aromatic rings. The van der Waals surface area contributed by atoms with E-state index in [9.17, 15) is 8.60 Å². The predicted octanol–water partition coefficient (Wildman–Crippen LogP) is 4.21. The number of nitrogens with one attached hydrogen (secondary N) is 1. The molecule has 0 aliphatic carbocycles. The first-order valence-electron chi connectivity index (χ1n) is 11.4. The first-order chi connectivity index (χ1) is 17.0. The van der Waals surface area contributed by atoms with Crippen LogP contribution in [0.3, 0.4) is 0 Å². The van der Waals surface area contributed by atoms with Crippen molar-refractivity contribution in [3.63, 3.8) is 0 Å². The molecule has 0 bridgehead atoms. The van der Waals surface area contributed by atoms with Crippen molar-refractivity contribution in [1.29, 1.82) is 0 Å². The molecular weight excluding hydrogens is 475 g/mol. The molecule has 2 unspecified atom stereocenters. The molecule has 2 fully saturated rings. The minimum absolute atomic E-state index is 0.250. The number of hydrogen-bond acceptors (Lipinski definition) is 9. The zero-order chi connectivity index (χ0) is 24.4. The van der Waals surface area contributed by atoms with Crippen LogP contribution in [0.1, 0.15) is 12.8 Å². The molecule has 9 nitrogen and oxygen atoms in total. The SMILES string of the molecule is COc1cc(N=S2(=O)CCCC2)cc2ncnc(Nc3ccc(F)cc3OC3COCC3OC)c12. The molecule has 1 aromatic heterocycles. The maximum absolute atomic E-state index is 14.1.